The summed E-state index contributed by atoms with van der Waals surface area (Å²) in [6, 6.07) is 8.12. The average molecular weight is 429 g/mol. The van der Waals surface area contributed by atoms with Gasteiger partial charge in [0.1, 0.15) is 5.84 Å². The van der Waals surface area contributed by atoms with Crippen molar-refractivity contribution < 1.29 is 13.2 Å². The highest BCUT2D eigenvalue weighted by molar-refractivity contribution is 7.90. The quantitative estimate of drug-likeness (QED) is 0.734. The molecule has 0 N–H and O–H groups in total. The minimum atomic E-state index is -3.40. The standard InChI is InChI=1S/C20H20N4O3S2/c25-20(15-7-8-18-22-29(26,27)11-10-23(18)13-15)24-9-3-4-14(12-24)19-21-16-5-1-2-6-17(16)28-19/h1-2,5-8,13-14H,3-4,9-12H2. The first-order chi connectivity index (χ1) is 14.0. The second-order valence-corrected chi connectivity index (χ2v) is 10.3. The number of nitrogens with zero attached hydrogens (tertiary/aromatic N) is 4. The Morgan fingerprint density at radius 2 is 2.03 bits per heavy atom. The zero-order chi connectivity index (χ0) is 20.0. The van der Waals surface area contributed by atoms with Gasteiger partial charge in [0.15, 0.2) is 0 Å². The Morgan fingerprint density at radius 3 is 2.90 bits per heavy atom. The third-order valence-corrected chi connectivity index (χ3v) is 7.80. The number of thiazole rings is 1. The fourth-order valence-corrected chi connectivity index (χ4v) is 6.00. The van der Waals surface area contributed by atoms with Crippen molar-refractivity contribution >= 4 is 43.3 Å². The molecular formula is C20H20N4O3S2. The molecule has 150 valence electrons. The highest BCUT2D eigenvalue weighted by Gasteiger charge is 2.30. The van der Waals surface area contributed by atoms with Crippen LogP contribution in [0.2, 0.25) is 0 Å². The van der Waals surface area contributed by atoms with Crippen molar-refractivity contribution in [2.75, 3.05) is 25.4 Å². The first-order valence-corrected chi connectivity index (χ1v) is 12.0. The minimum Gasteiger partial charge on any atom is -0.338 e. The second kappa shape index (κ2) is 7.07. The lowest BCUT2D eigenvalue weighted by Gasteiger charge is -2.33. The number of hydrogen-bond acceptors (Lipinski definition) is 6. The maximum absolute atomic E-state index is 13.1. The van der Waals surface area contributed by atoms with Crippen molar-refractivity contribution in [3.8, 4) is 0 Å². The van der Waals surface area contributed by atoms with E-state index in [1.807, 2.05) is 23.1 Å². The summed E-state index contributed by atoms with van der Waals surface area (Å²) in [6.45, 7) is 1.69. The number of piperidine rings is 1. The number of carbonyl (C=O) groups excluding carboxylic acids is 1. The van der Waals surface area contributed by atoms with Crippen molar-refractivity contribution in [3.05, 3.63) is 53.2 Å². The van der Waals surface area contributed by atoms with E-state index in [9.17, 15) is 13.2 Å². The maximum atomic E-state index is 13.1. The zero-order valence-corrected chi connectivity index (χ0v) is 17.3. The molecule has 1 aromatic carbocycles. The predicted octanol–water partition coefficient (Wildman–Crippen LogP) is 2.50. The van der Waals surface area contributed by atoms with Crippen LogP contribution < -0.4 is 0 Å². The molecule has 5 rings (SSSR count). The normalized spacial score (nSPS) is 23.5. The number of rotatable bonds is 2. The lowest BCUT2D eigenvalue weighted by Crippen LogP contribution is -2.42. The van der Waals surface area contributed by atoms with E-state index >= 15 is 0 Å². The molecule has 9 heteroatoms. The second-order valence-electron chi connectivity index (χ2n) is 7.46. The summed E-state index contributed by atoms with van der Waals surface area (Å²) in [5.74, 6) is 0.556. The van der Waals surface area contributed by atoms with E-state index in [0.29, 0.717) is 24.5 Å². The minimum absolute atomic E-state index is 0.0282. The third kappa shape index (κ3) is 3.60. The van der Waals surface area contributed by atoms with Gasteiger partial charge in [-0.1, -0.05) is 12.1 Å². The van der Waals surface area contributed by atoms with Gasteiger partial charge in [0, 0.05) is 31.8 Å². The lowest BCUT2D eigenvalue weighted by atomic mass is 9.97. The summed E-state index contributed by atoms with van der Waals surface area (Å²) in [5, 5.41) is 1.09. The number of benzene rings is 1. The van der Waals surface area contributed by atoms with Gasteiger partial charge in [0.2, 0.25) is 0 Å². The van der Waals surface area contributed by atoms with Gasteiger partial charge in [-0.15, -0.1) is 15.7 Å². The Balaban J connectivity index is 1.34. The van der Waals surface area contributed by atoms with E-state index in [0.717, 1.165) is 29.9 Å². The van der Waals surface area contributed by atoms with E-state index in [4.69, 9.17) is 4.98 Å². The van der Waals surface area contributed by atoms with E-state index < -0.39 is 10.0 Å². The molecule has 1 saturated heterocycles. The van der Waals surface area contributed by atoms with Gasteiger partial charge >= 0.3 is 0 Å². The lowest BCUT2D eigenvalue weighted by molar-refractivity contribution is -0.128. The van der Waals surface area contributed by atoms with Gasteiger partial charge in [-0.2, -0.15) is 0 Å². The van der Waals surface area contributed by atoms with Crippen LogP contribution in [-0.2, 0) is 14.8 Å². The number of amidine groups is 1. The van der Waals surface area contributed by atoms with Crippen LogP contribution in [0, 0.1) is 0 Å². The van der Waals surface area contributed by atoms with Crippen LogP contribution in [0.3, 0.4) is 0 Å². The predicted molar refractivity (Wildman–Crippen MR) is 113 cm³/mol. The molecule has 4 heterocycles. The summed E-state index contributed by atoms with van der Waals surface area (Å²) < 4.78 is 28.3. The summed E-state index contributed by atoms with van der Waals surface area (Å²) >= 11 is 1.71. The zero-order valence-electron chi connectivity index (χ0n) is 15.7. The summed E-state index contributed by atoms with van der Waals surface area (Å²) in [7, 11) is -3.40. The van der Waals surface area contributed by atoms with Crippen molar-refractivity contribution in [2.45, 2.75) is 18.8 Å². The van der Waals surface area contributed by atoms with Crippen LogP contribution in [0.1, 0.15) is 23.8 Å². The van der Waals surface area contributed by atoms with Gasteiger partial charge < -0.3 is 9.80 Å². The molecule has 3 aliphatic heterocycles. The van der Waals surface area contributed by atoms with Crippen LogP contribution in [0.4, 0.5) is 0 Å². The Bertz CT molecular complexity index is 1150. The third-order valence-electron chi connectivity index (χ3n) is 5.44. The van der Waals surface area contributed by atoms with Gasteiger partial charge in [-0.25, -0.2) is 13.4 Å². The van der Waals surface area contributed by atoms with E-state index in [1.165, 1.54) is 4.70 Å². The molecule has 1 amide bonds. The number of hydrogen-bond donors (Lipinski definition) is 0. The number of fused-ring (bicyclic) bond motifs is 2. The first-order valence-electron chi connectivity index (χ1n) is 9.62. The molecule has 0 saturated carbocycles. The Hall–Kier alpha value is -2.52. The number of para-hydroxylation sites is 1. The summed E-state index contributed by atoms with van der Waals surface area (Å²) in [5.41, 5.74) is 1.58. The largest absolute Gasteiger partial charge is 0.338 e. The van der Waals surface area contributed by atoms with Crippen LogP contribution in [0.5, 0.6) is 0 Å². The van der Waals surface area contributed by atoms with Crippen LogP contribution in [-0.4, -0.2) is 60.3 Å². The number of aromatic nitrogens is 1. The fourth-order valence-electron chi connectivity index (χ4n) is 3.94. The average Bonchev–Trinajstić information content (AvgIpc) is 3.17. The number of amides is 1. The number of sulfonamides is 1. The highest BCUT2D eigenvalue weighted by atomic mass is 32.2. The topological polar surface area (TPSA) is 82.9 Å². The van der Waals surface area contributed by atoms with Gasteiger partial charge in [-0.3, -0.25) is 4.79 Å². The summed E-state index contributed by atoms with van der Waals surface area (Å²) in [6.07, 6.45) is 6.97. The molecule has 1 fully saturated rings. The Labute approximate surface area is 173 Å². The molecule has 0 bridgehead atoms. The van der Waals surface area contributed by atoms with Gasteiger partial charge in [0.05, 0.1) is 26.6 Å². The van der Waals surface area contributed by atoms with Crippen molar-refractivity contribution in [1.82, 2.24) is 14.8 Å². The maximum Gasteiger partial charge on any atom is 0.256 e. The molecule has 2 aromatic rings. The Kier molecular flexibility index (Phi) is 4.51. The summed E-state index contributed by atoms with van der Waals surface area (Å²) in [4.78, 5) is 21.5. The fraction of sp³-hybridized carbons (Fsp3) is 0.350. The number of carbonyl (C=O) groups is 1. The molecule has 7 nitrogen and oxygen atoms in total. The SMILES string of the molecule is O=C(C1=CN2CCS(=O)(=O)N=C2C=C1)N1CCCC(c2nc3ccccc3s2)C1. The van der Waals surface area contributed by atoms with Crippen molar-refractivity contribution in [1.29, 1.82) is 0 Å². The van der Waals surface area contributed by atoms with Gasteiger partial charge in [0.25, 0.3) is 15.9 Å². The van der Waals surface area contributed by atoms with Crippen molar-refractivity contribution in [3.63, 3.8) is 0 Å². The first kappa shape index (κ1) is 18.5. The molecular weight excluding hydrogens is 408 g/mol. The monoisotopic (exact) mass is 428 g/mol. The molecule has 0 radical (unpaired) electrons. The highest BCUT2D eigenvalue weighted by Crippen LogP contribution is 2.33. The van der Waals surface area contributed by atoms with Crippen LogP contribution in [0.15, 0.2) is 52.6 Å². The molecule has 1 aromatic heterocycles. The van der Waals surface area contributed by atoms with Crippen LogP contribution in [0.25, 0.3) is 10.2 Å². The van der Waals surface area contributed by atoms with E-state index in [-0.39, 0.29) is 17.6 Å². The molecule has 1 atom stereocenters. The van der Waals surface area contributed by atoms with Crippen LogP contribution >= 0.6 is 11.3 Å². The molecule has 0 spiro atoms. The molecule has 29 heavy (non-hydrogen) atoms. The molecule has 3 aliphatic rings. The molecule has 1 unspecified atom stereocenters. The van der Waals surface area contributed by atoms with E-state index in [1.54, 1.807) is 34.6 Å². The smallest absolute Gasteiger partial charge is 0.256 e. The Morgan fingerprint density at radius 1 is 1.17 bits per heavy atom. The van der Waals surface area contributed by atoms with Crippen molar-refractivity contribution in [2.24, 2.45) is 4.40 Å². The number of likely N-dealkylation sites (tertiary alicyclic amines) is 1. The van der Waals surface area contributed by atoms with E-state index in [2.05, 4.69) is 10.5 Å². The molecule has 0 aliphatic carbocycles. The van der Waals surface area contributed by atoms with Gasteiger partial charge in [-0.05, 0) is 37.1 Å².